The number of aliphatic hydroxyl groups is 2. The Hall–Kier alpha value is -3.58. The van der Waals surface area contributed by atoms with Crippen molar-refractivity contribution < 1.29 is 57.3 Å². The lowest BCUT2D eigenvalue weighted by Gasteiger charge is -2.52. The monoisotopic (exact) mass is 740 g/mol. The summed E-state index contributed by atoms with van der Waals surface area (Å²) in [6.07, 6.45) is -0.964. The molecule has 1 aliphatic carbocycles. The number of rotatable bonds is 13. The van der Waals surface area contributed by atoms with Gasteiger partial charge in [-0.3, -0.25) is 0 Å². The highest BCUT2D eigenvalue weighted by atomic mass is 28.4. The minimum Gasteiger partial charge on any atom is -0.541 e. The quantitative estimate of drug-likeness (QED) is 0.120. The predicted molar refractivity (Wildman–Crippen MR) is 197 cm³/mol. The molecule has 13 heteroatoms. The predicted octanol–water partition coefficient (Wildman–Crippen LogP) is 6.05. The third-order valence-electron chi connectivity index (χ3n) is 10.4. The zero-order chi connectivity index (χ0) is 38.2. The molecular weight excluding hydrogens is 689 g/mol. The first-order valence-corrected chi connectivity index (χ1v) is 20.0. The highest BCUT2D eigenvalue weighted by molar-refractivity contribution is 6.74. The molecule has 5 rings (SSSR count). The maximum absolute atomic E-state index is 12.5. The second kappa shape index (κ2) is 15.0. The van der Waals surface area contributed by atoms with Crippen LogP contribution in [-0.4, -0.2) is 80.9 Å². The van der Waals surface area contributed by atoms with Crippen LogP contribution >= 0.6 is 0 Å². The molecule has 2 aliphatic rings. The molecule has 3 aromatic rings. The first-order chi connectivity index (χ1) is 24.6. The van der Waals surface area contributed by atoms with Crippen molar-refractivity contribution in [1.29, 1.82) is 0 Å². The van der Waals surface area contributed by atoms with Crippen LogP contribution in [0.2, 0.25) is 18.1 Å². The fourth-order valence-corrected chi connectivity index (χ4v) is 7.73. The normalized spacial score (nSPS) is 19.8. The van der Waals surface area contributed by atoms with E-state index in [9.17, 15) is 10.2 Å². The van der Waals surface area contributed by atoms with Crippen molar-refractivity contribution >= 4 is 19.1 Å². The van der Waals surface area contributed by atoms with E-state index in [4.69, 9.17) is 47.1 Å². The van der Waals surface area contributed by atoms with E-state index in [-0.39, 0.29) is 36.9 Å². The van der Waals surface area contributed by atoms with Crippen LogP contribution in [-0.2, 0) is 48.1 Å². The second-order valence-electron chi connectivity index (χ2n) is 14.4. The van der Waals surface area contributed by atoms with E-state index in [2.05, 4.69) is 45.7 Å². The van der Waals surface area contributed by atoms with E-state index in [0.29, 0.717) is 57.1 Å². The van der Waals surface area contributed by atoms with Gasteiger partial charge in [-0.15, -0.1) is 0 Å². The van der Waals surface area contributed by atoms with Gasteiger partial charge in [-0.05, 0) is 37.2 Å². The van der Waals surface area contributed by atoms with Crippen molar-refractivity contribution in [2.75, 3.05) is 56.2 Å². The summed E-state index contributed by atoms with van der Waals surface area (Å²) in [5, 5.41) is 25.4. The Morgan fingerprint density at radius 1 is 0.885 bits per heavy atom. The molecule has 1 aliphatic heterocycles. The maximum Gasteiger partial charge on any atom is 0.250 e. The summed E-state index contributed by atoms with van der Waals surface area (Å²) in [4.78, 5) is 0. The molecule has 0 fully saturated rings. The summed E-state index contributed by atoms with van der Waals surface area (Å²) >= 11 is 0. The smallest absolute Gasteiger partial charge is 0.250 e. The van der Waals surface area contributed by atoms with Gasteiger partial charge >= 0.3 is 0 Å². The van der Waals surface area contributed by atoms with Crippen LogP contribution in [0.25, 0.3) is 10.8 Å². The minimum absolute atomic E-state index is 0.00793. The van der Waals surface area contributed by atoms with Crippen molar-refractivity contribution in [3.63, 3.8) is 0 Å². The molecule has 12 nitrogen and oxygen atoms in total. The van der Waals surface area contributed by atoms with Crippen molar-refractivity contribution in [2.24, 2.45) is 0 Å². The number of ether oxygens (including phenoxy) is 9. The average Bonchev–Trinajstić information content (AvgIpc) is 3.11. The molecule has 0 radical (unpaired) electrons. The van der Waals surface area contributed by atoms with Crippen LogP contribution in [0.4, 0.5) is 0 Å². The number of benzene rings is 3. The summed E-state index contributed by atoms with van der Waals surface area (Å²) in [5.41, 5.74) is 0.800. The molecule has 2 N–H and O–H groups in total. The number of fused-ring (bicyclic) bond motifs is 4. The van der Waals surface area contributed by atoms with Gasteiger partial charge in [-0.1, -0.05) is 44.7 Å². The van der Waals surface area contributed by atoms with Crippen LogP contribution < -0.4 is 23.4 Å². The number of aliphatic hydroxyl groups excluding tert-OH is 1. The zero-order valence-electron chi connectivity index (χ0n) is 32.3. The fourth-order valence-electron chi connectivity index (χ4n) is 6.70. The van der Waals surface area contributed by atoms with E-state index in [1.807, 2.05) is 13.0 Å². The van der Waals surface area contributed by atoms with Gasteiger partial charge in [-0.25, -0.2) is 0 Å². The summed E-state index contributed by atoms with van der Waals surface area (Å²) in [5.74, 6) is 6.15. The van der Waals surface area contributed by atoms with Gasteiger partial charge < -0.3 is 57.3 Å². The zero-order valence-corrected chi connectivity index (χ0v) is 33.3. The SMILES string of the molecule is COCOc1c2c(c(OCOC)c3c4c(ccc13)C(O)(C#CC(O)c1c(OC)ccc(OC)c1O[Si](C)(C)C(C)(C)C)C4(OC)OC)COC(C)C2. The highest BCUT2D eigenvalue weighted by Gasteiger charge is 2.66. The van der Waals surface area contributed by atoms with Crippen LogP contribution in [0, 0.1) is 11.8 Å². The Morgan fingerprint density at radius 3 is 2.08 bits per heavy atom. The lowest BCUT2D eigenvalue weighted by atomic mass is 9.65. The number of methoxy groups -OCH3 is 6. The van der Waals surface area contributed by atoms with E-state index in [1.165, 1.54) is 35.5 Å². The molecule has 0 spiro atoms. The number of hydrogen-bond acceptors (Lipinski definition) is 12. The standard InChI is InChI=1S/C39H52O12Si/c1-23-19-25-26(20-48-23)35(50-22-43-6)31-24(34(25)49-21-42-5)13-14-27-33(31)39(46-9,47-10)38(27,41)18-17-28(40)32-29(44-7)15-16-30(45-8)36(32)51-52(11,12)37(2,3)4/h13-16,23,28,40-41H,19-22H2,1-12H3. The Labute approximate surface area is 307 Å². The van der Waals surface area contributed by atoms with Crippen molar-refractivity contribution in [1.82, 2.24) is 0 Å². The Morgan fingerprint density at radius 2 is 1.50 bits per heavy atom. The van der Waals surface area contributed by atoms with Crippen molar-refractivity contribution in [3.8, 4) is 40.6 Å². The Bertz CT molecular complexity index is 1850. The van der Waals surface area contributed by atoms with E-state index in [0.717, 1.165) is 11.1 Å². The molecular formula is C39H52O12Si. The molecule has 52 heavy (non-hydrogen) atoms. The topological polar surface area (TPSA) is 133 Å². The molecule has 284 valence electrons. The first-order valence-electron chi connectivity index (χ1n) is 17.1. The molecule has 3 aromatic carbocycles. The molecule has 3 unspecified atom stereocenters. The summed E-state index contributed by atoms with van der Waals surface area (Å²) in [7, 11) is 6.53. The average molecular weight is 741 g/mol. The van der Waals surface area contributed by atoms with Crippen LogP contribution in [0.1, 0.15) is 61.6 Å². The number of hydrogen-bond donors (Lipinski definition) is 2. The van der Waals surface area contributed by atoms with E-state index in [1.54, 1.807) is 25.3 Å². The summed E-state index contributed by atoms with van der Waals surface area (Å²) in [6, 6.07) is 7.00. The van der Waals surface area contributed by atoms with Gasteiger partial charge in [0.1, 0.15) is 23.4 Å². The van der Waals surface area contributed by atoms with Crippen LogP contribution in [0.3, 0.4) is 0 Å². The first kappa shape index (κ1) is 39.6. The third-order valence-corrected chi connectivity index (χ3v) is 14.7. The van der Waals surface area contributed by atoms with Gasteiger partial charge in [0.15, 0.2) is 25.1 Å². The van der Waals surface area contributed by atoms with Gasteiger partial charge in [0.05, 0.1) is 32.5 Å². The largest absolute Gasteiger partial charge is 0.541 e. The van der Waals surface area contributed by atoms with Gasteiger partial charge in [0.2, 0.25) is 11.4 Å². The van der Waals surface area contributed by atoms with Crippen molar-refractivity contribution in [3.05, 3.63) is 52.1 Å². The fraction of sp³-hybridized carbons (Fsp3) is 0.538. The molecule has 0 saturated heterocycles. The molecule has 3 atom stereocenters. The van der Waals surface area contributed by atoms with Gasteiger partial charge in [0.25, 0.3) is 8.32 Å². The highest BCUT2D eigenvalue weighted by Crippen LogP contribution is 2.61. The summed E-state index contributed by atoms with van der Waals surface area (Å²) in [6.45, 7) is 12.7. The summed E-state index contributed by atoms with van der Waals surface area (Å²) < 4.78 is 59.4. The Balaban J connectivity index is 1.74. The molecule has 0 aromatic heterocycles. The van der Waals surface area contributed by atoms with E-state index < -0.39 is 25.8 Å². The lowest BCUT2D eigenvalue weighted by Crippen LogP contribution is -2.60. The molecule has 0 amide bonds. The van der Waals surface area contributed by atoms with E-state index >= 15 is 0 Å². The third kappa shape index (κ3) is 6.39. The van der Waals surface area contributed by atoms with Crippen LogP contribution in [0.5, 0.6) is 28.7 Å². The Kier molecular flexibility index (Phi) is 11.5. The maximum atomic E-state index is 12.5. The van der Waals surface area contributed by atoms with Gasteiger partial charge in [0, 0.05) is 67.9 Å². The van der Waals surface area contributed by atoms with Crippen LogP contribution in [0.15, 0.2) is 24.3 Å². The second-order valence-corrected chi connectivity index (χ2v) is 19.2. The molecule has 0 saturated carbocycles. The van der Waals surface area contributed by atoms with Crippen molar-refractivity contribution in [2.45, 2.75) is 82.5 Å². The van der Waals surface area contributed by atoms with Gasteiger partial charge in [-0.2, -0.15) is 0 Å². The minimum atomic E-state index is -2.44. The molecule has 0 bridgehead atoms. The molecule has 1 heterocycles. The lowest BCUT2D eigenvalue weighted by molar-refractivity contribution is -0.320.